The zero-order valence-corrected chi connectivity index (χ0v) is 21.9. The van der Waals surface area contributed by atoms with Crippen LogP contribution >= 0.6 is 11.8 Å². The minimum absolute atomic E-state index is 0.0292. The summed E-state index contributed by atoms with van der Waals surface area (Å²) in [7, 11) is 0. The maximum atomic E-state index is 13.9. The Bertz CT molecular complexity index is 944. The molecule has 3 heterocycles. The molecule has 1 aromatic rings. The smallest absolute Gasteiger partial charge is 0.244 e. The van der Waals surface area contributed by atoms with Crippen LogP contribution in [0.3, 0.4) is 0 Å². The van der Waals surface area contributed by atoms with Crippen LogP contribution in [0.1, 0.15) is 64.9 Å². The molecule has 0 aromatic heterocycles. The lowest BCUT2D eigenvalue weighted by Crippen LogP contribution is -2.55. The Hall–Kier alpha value is -2.06. The van der Waals surface area contributed by atoms with Gasteiger partial charge in [-0.15, -0.1) is 11.8 Å². The fraction of sp³-hybridized carbons (Fsp3) is 0.667. The van der Waals surface area contributed by atoms with Crippen LogP contribution in [0.5, 0.6) is 0 Å². The van der Waals surface area contributed by atoms with Crippen molar-refractivity contribution >= 4 is 29.5 Å². The number of likely N-dealkylation sites (tertiary alicyclic amines) is 1. The van der Waals surface area contributed by atoms with Gasteiger partial charge in [-0.25, -0.2) is 0 Å². The Kier molecular flexibility index (Phi) is 7.81. The molecule has 8 heteroatoms. The largest absolute Gasteiger partial charge is 0.396 e. The quantitative estimate of drug-likeness (QED) is 0.405. The van der Waals surface area contributed by atoms with Crippen molar-refractivity contribution in [1.82, 2.24) is 15.5 Å². The fourth-order valence-electron chi connectivity index (χ4n) is 6.48. The summed E-state index contributed by atoms with van der Waals surface area (Å²) >= 11 is 1.70. The van der Waals surface area contributed by atoms with E-state index in [1.807, 2.05) is 37.3 Å². The number of rotatable bonds is 11. The highest BCUT2D eigenvalue weighted by Crippen LogP contribution is 2.71. The van der Waals surface area contributed by atoms with Gasteiger partial charge < -0.3 is 20.6 Å². The second-order valence-corrected chi connectivity index (χ2v) is 12.5. The van der Waals surface area contributed by atoms with Crippen molar-refractivity contribution in [2.75, 3.05) is 13.2 Å². The Morgan fingerprint density at radius 3 is 2.63 bits per heavy atom. The lowest BCUT2D eigenvalue weighted by molar-refractivity contribution is -0.140. The van der Waals surface area contributed by atoms with Gasteiger partial charge >= 0.3 is 0 Å². The normalized spacial score (nSPS) is 31.9. The number of hydrogen-bond acceptors (Lipinski definition) is 5. The predicted molar refractivity (Wildman–Crippen MR) is 138 cm³/mol. The Labute approximate surface area is 212 Å². The molecule has 7 nitrogen and oxygen atoms in total. The van der Waals surface area contributed by atoms with Gasteiger partial charge in [-0.3, -0.25) is 14.4 Å². The van der Waals surface area contributed by atoms with Crippen LogP contribution in [0.25, 0.3) is 0 Å². The average molecular weight is 502 g/mol. The standard InChI is InChI=1S/C27H39N3O4S/c1-4-10-18(2)29-24(33)22-27-14-13-26(3,35-27)20(21(27)25(34)30(22)15-8-9-16-31)23(32)28-17-19-11-6-5-7-12-19/h5-7,11-12,18,20-22,31H,4,8-10,13-17H2,1-3H3,(H,28,32)(H,29,33)/t18?,20-,21+,22?,26+,27?/m1/s1. The van der Waals surface area contributed by atoms with E-state index in [0.29, 0.717) is 25.9 Å². The highest BCUT2D eigenvalue weighted by Gasteiger charge is 2.76. The molecule has 3 unspecified atom stereocenters. The third-order valence-electron chi connectivity index (χ3n) is 8.03. The predicted octanol–water partition coefficient (Wildman–Crippen LogP) is 2.86. The Morgan fingerprint density at radius 1 is 1.20 bits per heavy atom. The maximum Gasteiger partial charge on any atom is 0.244 e. The molecular formula is C27H39N3O4S. The first kappa shape index (κ1) is 26.0. The van der Waals surface area contributed by atoms with Crippen molar-refractivity contribution < 1.29 is 19.5 Å². The maximum absolute atomic E-state index is 13.9. The van der Waals surface area contributed by atoms with Crippen LogP contribution in [0.15, 0.2) is 30.3 Å². The van der Waals surface area contributed by atoms with Crippen molar-refractivity contribution in [3.63, 3.8) is 0 Å². The van der Waals surface area contributed by atoms with Crippen LogP contribution in [0.4, 0.5) is 0 Å². The second kappa shape index (κ2) is 10.5. The first-order valence-corrected chi connectivity index (χ1v) is 13.8. The van der Waals surface area contributed by atoms with E-state index in [2.05, 4.69) is 24.5 Å². The lowest BCUT2D eigenvalue weighted by atomic mass is 9.66. The molecule has 3 amide bonds. The summed E-state index contributed by atoms with van der Waals surface area (Å²) in [6.45, 7) is 7.08. The number of aliphatic hydroxyl groups excluding tert-OH is 1. The number of benzene rings is 1. The number of aliphatic hydroxyl groups is 1. The molecular weight excluding hydrogens is 462 g/mol. The summed E-state index contributed by atoms with van der Waals surface area (Å²) in [5.74, 6) is -1.26. The summed E-state index contributed by atoms with van der Waals surface area (Å²) in [6, 6.07) is 9.22. The van der Waals surface area contributed by atoms with Gasteiger partial charge in [-0.1, -0.05) is 43.7 Å². The third-order valence-corrected chi connectivity index (χ3v) is 10.0. The average Bonchev–Trinajstić information content (AvgIpc) is 3.39. The first-order chi connectivity index (χ1) is 16.8. The van der Waals surface area contributed by atoms with Gasteiger partial charge in [-0.05, 0) is 51.5 Å². The van der Waals surface area contributed by atoms with Gasteiger partial charge in [0.1, 0.15) is 6.04 Å². The van der Waals surface area contributed by atoms with Crippen molar-refractivity contribution in [2.24, 2.45) is 11.8 Å². The molecule has 192 valence electrons. The monoisotopic (exact) mass is 501 g/mol. The van der Waals surface area contributed by atoms with Crippen LogP contribution in [-0.4, -0.2) is 62.5 Å². The van der Waals surface area contributed by atoms with Gasteiger partial charge in [0.05, 0.1) is 16.6 Å². The van der Waals surface area contributed by atoms with E-state index < -0.39 is 22.6 Å². The van der Waals surface area contributed by atoms with Gasteiger partial charge in [0.15, 0.2) is 0 Å². The van der Waals surface area contributed by atoms with Crippen molar-refractivity contribution in [3.8, 4) is 0 Å². The Morgan fingerprint density at radius 2 is 1.94 bits per heavy atom. The molecule has 2 bridgehead atoms. The first-order valence-electron chi connectivity index (χ1n) is 13.0. The van der Waals surface area contributed by atoms with Crippen LogP contribution in [0, 0.1) is 11.8 Å². The van der Waals surface area contributed by atoms with Gasteiger partial charge in [0.2, 0.25) is 17.7 Å². The second-order valence-electron chi connectivity index (χ2n) is 10.6. The SMILES string of the molecule is CCCC(C)NC(=O)C1N(CCCCO)C(=O)[C@@H]2[C@H](C(=O)NCc3ccccc3)[C@]3(C)CCC12S3. The van der Waals surface area contributed by atoms with Crippen LogP contribution < -0.4 is 10.6 Å². The highest BCUT2D eigenvalue weighted by atomic mass is 32.2. The minimum Gasteiger partial charge on any atom is -0.396 e. The number of unbranched alkanes of at least 4 members (excludes halogenated alkanes) is 1. The van der Waals surface area contributed by atoms with E-state index in [-0.39, 0.29) is 35.1 Å². The molecule has 3 fully saturated rings. The van der Waals surface area contributed by atoms with Gasteiger partial charge in [-0.2, -0.15) is 0 Å². The number of hydrogen-bond donors (Lipinski definition) is 3. The third kappa shape index (κ3) is 4.71. The van der Waals surface area contributed by atoms with Gasteiger partial charge in [0.25, 0.3) is 0 Å². The number of carbonyl (C=O) groups is 3. The zero-order valence-electron chi connectivity index (χ0n) is 21.1. The highest BCUT2D eigenvalue weighted by molar-refractivity contribution is 8.02. The van der Waals surface area contributed by atoms with E-state index >= 15 is 0 Å². The summed E-state index contributed by atoms with van der Waals surface area (Å²) in [5.41, 5.74) is 1.02. The summed E-state index contributed by atoms with van der Waals surface area (Å²) in [4.78, 5) is 42.9. The van der Waals surface area contributed by atoms with Crippen molar-refractivity contribution in [3.05, 3.63) is 35.9 Å². The molecule has 3 N–H and O–H groups in total. The molecule has 6 atom stereocenters. The number of carbonyl (C=O) groups excluding carboxylic acids is 3. The molecule has 35 heavy (non-hydrogen) atoms. The molecule has 0 saturated carbocycles. The van der Waals surface area contributed by atoms with Crippen molar-refractivity contribution in [1.29, 1.82) is 0 Å². The van der Waals surface area contributed by atoms with E-state index in [1.54, 1.807) is 16.7 Å². The number of nitrogens with one attached hydrogen (secondary N) is 2. The number of fused-ring (bicyclic) bond motifs is 1. The van der Waals surface area contributed by atoms with E-state index in [4.69, 9.17) is 0 Å². The molecule has 1 aromatic carbocycles. The van der Waals surface area contributed by atoms with Crippen LogP contribution in [0.2, 0.25) is 0 Å². The van der Waals surface area contributed by atoms with E-state index in [9.17, 15) is 19.5 Å². The molecule has 4 rings (SSSR count). The number of thioether (sulfide) groups is 1. The minimum atomic E-state index is -0.587. The molecule has 3 saturated heterocycles. The fourth-order valence-corrected chi connectivity index (χ4v) is 8.84. The molecule has 0 radical (unpaired) electrons. The van der Waals surface area contributed by atoms with E-state index in [1.165, 1.54) is 0 Å². The zero-order chi connectivity index (χ0) is 25.2. The molecule has 0 aliphatic carbocycles. The molecule has 1 spiro atoms. The molecule has 3 aliphatic rings. The van der Waals surface area contributed by atoms with Crippen molar-refractivity contribution in [2.45, 2.75) is 87.4 Å². The summed E-state index contributed by atoms with van der Waals surface area (Å²) in [6.07, 6.45) is 4.62. The topological polar surface area (TPSA) is 98.7 Å². The molecule has 3 aliphatic heterocycles. The summed E-state index contributed by atoms with van der Waals surface area (Å²) < 4.78 is -0.957. The van der Waals surface area contributed by atoms with E-state index in [0.717, 1.165) is 31.2 Å². The summed E-state index contributed by atoms with van der Waals surface area (Å²) in [5, 5.41) is 15.5. The Balaban J connectivity index is 1.61. The lowest BCUT2D eigenvalue weighted by Gasteiger charge is -2.35. The number of nitrogens with zero attached hydrogens (tertiary/aromatic N) is 1. The van der Waals surface area contributed by atoms with Gasteiger partial charge in [0, 0.05) is 30.5 Å². The van der Waals surface area contributed by atoms with Crippen LogP contribution in [-0.2, 0) is 20.9 Å². The number of amides is 3.